The number of nitrogens with zero attached hydrogens (tertiary/aromatic N) is 1. The largest absolute Gasteiger partial charge is 0.477 e. The molecule has 0 aliphatic rings. The van der Waals surface area contributed by atoms with Gasteiger partial charge in [-0.2, -0.15) is 0 Å². The van der Waals surface area contributed by atoms with Crippen molar-refractivity contribution < 1.29 is 14.3 Å². The summed E-state index contributed by atoms with van der Waals surface area (Å²) in [4.78, 5) is 11.1. The Bertz CT molecular complexity index is 607. The van der Waals surface area contributed by atoms with Crippen molar-refractivity contribution in [3.8, 4) is 0 Å². The quantitative estimate of drug-likeness (QED) is 0.927. The summed E-state index contributed by atoms with van der Waals surface area (Å²) in [5, 5.41) is 9.52. The minimum Gasteiger partial charge on any atom is -0.477 e. The van der Waals surface area contributed by atoms with Crippen molar-refractivity contribution >= 4 is 17.6 Å². The number of halogens is 2. The molecule has 2 rings (SSSR count). The molecular formula is C13H11ClFNO2. The van der Waals surface area contributed by atoms with E-state index in [4.69, 9.17) is 16.7 Å². The Balaban J connectivity index is 2.40. The van der Waals surface area contributed by atoms with Gasteiger partial charge in [-0.3, -0.25) is 0 Å². The number of carboxylic acids is 1. The zero-order chi connectivity index (χ0) is 13.3. The summed E-state index contributed by atoms with van der Waals surface area (Å²) in [6.07, 6.45) is 1.62. The molecule has 0 atom stereocenters. The number of aromatic carboxylic acids is 1. The smallest absolute Gasteiger partial charge is 0.352 e. The van der Waals surface area contributed by atoms with Gasteiger partial charge in [-0.25, -0.2) is 9.18 Å². The van der Waals surface area contributed by atoms with Crippen LogP contribution in [0.25, 0.3) is 0 Å². The summed E-state index contributed by atoms with van der Waals surface area (Å²) in [5.41, 5.74) is 1.17. The molecule has 0 aliphatic heterocycles. The fourth-order valence-corrected chi connectivity index (χ4v) is 2.05. The number of carboxylic acid groups (broad SMARTS) is 1. The van der Waals surface area contributed by atoms with Gasteiger partial charge in [0.1, 0.15) is 11.5 Å². The number of rotatable bonds is 3. The average molecular weight is 268 g/mol. The third kappa shape index (κ3) is 2.38. The highest BCUT2D eigenvalue weighted by atomic mass is 35.5. The van der Waals surface area contributed by atoms with Gasteiger partial charge in [0.25, 0.3) is 0 Å². The Labute approximate surface area is 108 Å². The lowest BCUT2D eigenvalue weighted by molar-refractivity contribution is 0.0685. The van der Waals surface area contributed by atoms with E-state index in [2.05, 4.69) is 0 Å². The second-order valence-corrected chi connectivity index (χ2v) is 4.45. The van der Waals surface area contributed by atoms with E-state index in [0.29, 0.717) is 16.1 Å². The van der Waals surface area contributed by atoms with Crippen LogP contribution in [0.15, 0.2) is 30.5 Å². The molecule has 0 amide bonds. The molecule has 1 heterocycles. The number of aromatic nitrogens is 1. The topological polar surface area (TPSA) is 42.2 Å². The third-order valence-electron chi connectivity index (χ3n) is 2.72. The molecule has 0 fully saturated rings. The van der Waals surface area contributed by atoms with Gasteiger partial charge in [-0.15, -0.1) is 0 Å². The second-order valence-electron chi connectivity index (χ2n) is 4.02. The lowest BCUT2D eigenvalue weighted by Gasteiger charge is -2.08. The monoisotopic (exact) mass is 267 g/mol. The summed E-state index contributed by atoms with van der Waals surface area (Å²) in [5.74, 6) is -1.43. The van der Waals surface area contributed by atoms with E-state index in [1.165, 1.54) is 22.8 Å². The number of aryl methyl sites for hydroxylation is 1. The molecule has 0 aliphatic carbocycles. The molecular weight excluding hydrogens is 257 g/mol. The van der Waals surface area contributed by atoms with Crippen molar-refractivity contribution in [2.75, 3.05) is 0 Å². The summed E-state index contributed by atoms with van der Waals surface area (Å²) < 4.78 is 15.1. The van der Waals surface area contributed by atoms with E-state index in [1.807, 2.05) is 0 Å². The van der Waals surface area contributed by atoms with Crippen LogP contribution in [0.4, 0.5) is 4.39 Å². The van der Waals surface area contributed by atoms with Crippen molar-refractivity contribution in [2.45, 2.75) is 13.5 Å². The van der Waals surface area contributed by atoms with Crippen LogP contribution in [0.2, 0.25) is 5.02 Å². The van der Waals surface area contributed by atoms with Crippen molar-refractivity contribution in [3.05, 3.63) is 58.1 Å². The van der Waals surface area contributed by atoms with E-state index in [1.54, 1.807) is 19.2 Å². The molecule has 0 spiro atoms. The first-order valence-corrected chi connectivity index (χ1v) is 5.70. The molecule has 18 heavy (non-hydrogen) atoms. The Morgan fingerprint density at radius 3 is 2.83 bits per heavy atom. The van der Waals surface area contributed by atoms with E-state index >= 15 is 0 Å². The second kappa shape index (κ2) is 4.82. The minimum absolute atomic E-state index is 0.141. The number of hydrogen-bond donors (Lipinski definition) is 1. The molecule has 0 bridgehead atoms. The average Bonchev–Trinajstić information content (AvgIpc) is 2.65. The predicted octanol–water partition coefficient (Wildman–Crippen LogP) is 3.34. The third-order valence-corrected chi connectivity index (χ3v) is 2.95. The zero-order valence-electron chi connectivity index (χ0n) is 9.65. The van der Waals surface area contributed by atoms with Gasteiger partial charge in [0, 0.05) is 16.8 Å². The first-order valence-electron chi connectivity index (χ1n) is 5.32. The predicted molar refractivity (Wildman–Crippen MR) is 66.6 cm³/mol. The normalized spacial score (nSPS) is 10.6. The van der Waals surface area contributed by atoms with Crippen LogP contribution < -0.4 is 0 Å². The van der Waals surface area contributed by atoms with Crippen LogP contribution in [0.1, 0.15) is 21.6 Å². The van der Waals surface area contributed by atoms with Gasteiger partial charge in [-0.05, 0) is 36.8 Å². The van der Waals surface area contributed by atoms with E-state index < -0.39 is 11.8 Å². The SMILES string of the molecule is Cc1ccn(Cc2cc(Cl)ccc2F)c1C(=O)O. The van der Waals surface area contributed by atoms with E-state index in [0.717, 1.165) is 0 Å². The maximum atomic E-state index is 13.6. The first kappa shape index (κ1) is 12.6. The van der Waals surface area contributed by atoms with Crippen molar-refractivity contribution in [2.24, 2.45) is 0 Å². The summed E-state index contributed by atoms with van der Waals surface area (Å²) >= 11 is 5.80. The number of benzene rings is 1. The summed E-state index contributed by atoms with van der Waals surface area (Å²) in [7, 11) is 0. The minimum atomic E-state index is -1.03. The van der Waals surface area contributed by atoms with E-state index in [9.17, 15) is 9.18 Å². The zero-order valence-corrected chi connectivity index (χ0v) is 10.4. The molecule has 0 radical (unpaired) electrons. The fraction of sp³-hybridized carbons (Fsp3) is 0.154. The molecule has 0 saturated heterocycles. The maximum Gasteiger partial charge on any atom is 0.352 e. The lowest BCUT2D eigenvalue weighted by Crippen LogP contribution is -2.10. The molecule has 5 heteroatoms. The first-order chi connectivity index (χ1) is 8.49. The molecule has 2 aromatic rings. The molecule has 0 unspecified atom stereocenters. The van der Waals surface area contributed by atoms with Crippen LogP contribution in [-0.2, 0) is 6.54 Å². The Morgan fingerprint density at radius 2 is 2.17 bits per heavy atom. The van der Waals surface area contributed by atoms with E-state index in [-0.39, 0.29) is 12.2 Å². The van der Waals surface area contributed by atoms with Gasteiger partial charge >= 0.3 is 5.97 Å². The van der Waals surface area contributed by atoms with Crippen LogP contribution in [-0.4, -0.2) is 15.6 Å². The molecule has 94 valence electrons. The van der Waals surface area contributed by atoms with Crippen LogP contribution >= 0.6 is 11.6 Å². The number of carbonyl (C=O) groups is 1. The van der Waals surface area contributed by atoms with Crippen LogP contribution in [0, 0.1) is 12.7 Å². The van der Waals surface area contributed by atoms with Gasteiger partial charge in [0.2, 0.25) is 0 Å². The van der Waals surface area contributed by atoms with Gasteiger partial charge < -0.3 is 9.67 Å². The van der Waals surface area contributed by atoms with Gasteiger partial charge in [-0.1, -0.05) is 11.6 Å². The van der Waals surface area contributed by atoms with Crippen LogP contribution in [0.3, 0.4) is 0 Å². The highest BCUT2D eigenvalue weighted by molar-refractivity contribution is 6.30. The maximum absolute atomic E-state index is 13.6. The van der Waals surface area contributed by atoms with Crippen molar-refractivity contribution in [3.63, 3.8) is 0 Å². The Kier molecular flexibility index (Phi) is 3.39. The standard InChI is InChI=1S/C13H11ClFNO2/c1-8-4-5-16(12(8)13(17)18)7-9-6-10(14)2-3-11(9)15/h2-6H,7H2,1H3,(H,17,18). The summed E-state index contributed by atoms with van der Waals surface area (Å²) in [6.45, 7) is 1.84. The highest BCUT2D eigenvalue weighted by Gasteiger charge is 2.14. The fourth-order valence-electron chi connectivity index (χ4n) is 1.85. The molecule has 3 nitrogen and oxygen atoms in total. The van der Waals surface area contributed by atoms with Crippen molar-refractivity contribution in [1.82, 2.24) is 4.57 Å². The molecule has 0 saturated carbocycles. The Morgan fingerprint density at radius 1 is 1.44 bits per heavy atom. The lowest BCUT2D eigenvalue weighted by atomic mass is 10.2. The highest BCUT2D eigenvalue weighted by Crippen LogP contribution is 2.18. The van der Waals surface area contributed by atoms with Gasteiger partial charge in [0.15, 0.2) is 0 Å². The summed E-state index contributed by atoms with van der Waals surface area (Å²) in [6, 6.07) is 5.91. The van der Waals surface area contributed by atoms with Gasteiger partial charge in [0.05, 0.1) is 6.54 Å². The molecule has 1 N–H and O–H groups in total. The number of hydrogen-bond acceptors (Lipinski definition) is 1. The Hall–Kier alpha value is -1.81. The van der Waals surface area contributed by atoms with Crippen LogP contribution in [0.5, 0.6) is 0 Å². The molecule has 1 aromatic heterocycles. The molecule has 1 aromatic carbocycles. The van der Waals surface area contributed by atoms with Crippen molar-refractivity contribution in [1.29, 1.82) is 0 Å².